The molecule has 1 N–H and O–H groups in total. The molecule has 6 rings (SSSR count). The van der Waals surface area contributed by atoms with Gasteiger partial charge in [0.2, 0.25) is 0 Å². The minimum atomic E-state index is -3.62. The van der Waals surface area contributed by atoms with Crippen LogP contribution in [-0.2, 0) is 21.0 Å². The number of nitrogens with zero attached hydrogens (tertiary/aromatic N) is 1. The van der Waals surface area contributed by atoms with E-state index in [4.69, 9.17) is 15.1 Å². The molecule has 2 fully saturated rings. The highest BCUT2D eigenvalue weighted by molar-refractivity contribution is 7.92. The summed E-state index contributed by atoms with van der Waals surface area (Å²) in [6.45, 7) is 4.60. The molecule has 7 heteroatoms. The molecule has 2 aromatic carbocycles. The van der Waals surface area contributed by atoms with E-state index in [0.717, 1.165) is 88.4 Å². The van der Waals surface area contributed by atoms with Crippen molar-refractivity contribution in [3.05, 3.63) is 77.2 Å². The first-order valence-corrected chi connectivity index (χ1v) is 16.2. The zero-order valence-corrected chi connectivity index (χ0v) is 24.6. The number of nitrogens with one attached hydrogen (secondary N) is 1. The van der Waals surface area contributed by atoms with Crippen molar-refractivity contribution < 1.29 is 17.5 Å². The average Bonchev–Trinajstić information content (AvgIpc) is 3.78. The fourth-order valence-electron chi connectivity index (χ4n) is 6.56. The van der Waals surface area contributed by atoms with Crippen molar-refractivity contribution in [2.45, 2.75) is 81.0 Å². The molecule has 1 atom stereocenters. The lowest BCUT2D eigenvalue weighted by atomic mass is 9.81. The van der Waals surface area contributed by atoms with Gasteiger partial charge in [-0.1, -0.05) is 31.4 Å². The Bertz CT molecular complexity index is 1660. The first-order valence-electron chi connectivity index (χ1n) is 14.7. The van der Waals surface area contributed by atoms with Gasteiger partial charge in [-0.2, -0.15) is 0 Å². The molecule has 0 saturated heterocycles. The minimum absolute atomic E-state index is 0.0378. The summed E-state index contributed by atoms with van der Waals surface area (Å²) in [5, 5.41) is 7.85. The highest BCUT2D eigenvalue weighted by Gasteiger charge is 2.39. The van der Waals surface area contributed by atoms with Crippen LogP contribution in [0.5, 0.6) is 0 Å². The molecule has 41 heavy (non-hydrogen) atoms. The first kappa shape index (κ1) is 27.8. The number of benzene rings is 2. The smallest absolute Gasteiger partial charge is 0.186 e. The van der Waals surface area contributed by atoms with Crippen molar-refractivity contribution in [1.82, 2.24) is 4.98 Å². The summed E-state index contributed by atoms with van der Waals surface area (Å²) in [6.07, 6.45) is 11.1. The Kier molecular flexibility index (Phi) is 7.35. The number of pyridine rings is 1. The van der Waals surface area contributed by atoms with E-state index in [-0.39, 0.29) is 10.8 Å². The van der Waals surface area contributed by atoms with Crippen LogP contribution in [-0.4, -0.2) is 37.1 Å². The maximum atomic E-state index is 15.9. The van der Waals surface area contributed by atoms with Gasteiger partial charge in [0.15, 0.2) is 9.84 Å². The van der Waals surface area contributed by atoms with Gasteiger partial charge in [-0.3, -0.25) is 4.98 Å². The Labute approximate surface area is 242 Å². The number of allylic oxidation sites excluding steroid dienone is 3. The highest BCUT2D eigenvalue weighted by atomic mass is 32.2. The van der Waals surface area contributed by atoms with Crippen LogP contribution in [0.3, 0.4) is 0 Å². The molecule has 0 amide bonds. The second-order valence-electron chi connectivity index (χ2n) is 12.0. The summed E-state index contributed by atoms with van der Waals surface area (Å²) in [7, 11) is -3.62. The number of sulfone groups is 1. The van der Waals surface area contributed by atoms with Gasteiger partial charge < -0.3 is 10.1 Å². The van der Waals surface area contributed by atoms with E-state index >= 15 is 4.39 Å². The van der Waals surface area contributed by atoms with Crippen LogP contribution in [0.2, 0.25) is 0 Å². The third-order valence-electron chi connectivity index (χ3n) is 8.94. The molecular formula is C34H37FN2O3S. The lowest BCUT2D eigenvalue weighted by molar-refractivity contribution is 0.107. The molecule has 1 aliphatic heterocycles. The Balaban J connectivity index is 1.44. The maximum Gasteiger partial charge on any atom is 0.186 e. The number of halogens is 1. The Hall–Kier alpha value is -3.32. The first-order chi connectivity index (χ1) is 19.7. The van der Waals surface area contributed by atoms with Gasteiger partial charge in [0.25, 0.3) is 0 Å². The Morgan fingerprint density at radius 3 is 2.46 bits per heavy atom. The third kappa shape index (κ3) is 5.49. The number of rotatable bonds is 8. The van der Waals surface area contributed by atoms with Crippen LogP contribution in [0.4, 0.5) is 4.39 Å². The normalized spacial score (nSPS) is 19.9. The molecule has 0 spiro atoms. The van der Waals surface area contributed by atoms with Gasteiger partial charge in [-0.15, -0.1) is 0 Å². The van der Waals surface area contributed by atoms with E-state index < -0.39 is 20.8 Å². The summed E-state index contributed by atoms with van der Waals surface area (Å²) in [5.74, 6) is 0.898. The largest absolute Gasteiger partial charge is 0.494 e. The molecule has 5 nitrogen and oxygen atoms in total. The van der Waals surface area contributed by atoms with Crippen LogP contribution in [0, 0.1) is 11.3 Å². The van der Waals surface area contributed by atoms with Gasteiger partial charge in [0.05, 0.1) is 10.4 Å². The van der Waals surface area contributed by atoms with Gasteiger partial charge in [-0.05, 0) is 98.6 Å². The monoisotopic (exact) mass is 572 g/mol. The lowest BCUT2D eigenvalue weighted by Gasteiger charge is -2.29. The summed E-state index contributed by atoms with van der Waals surface area (Å²) in [5.41, 5.74) is 5.30. The summed E-state index contributed by atoms with van der Waals surface area (Å²) >= 11 is 0. The number of hydrogen-bond donors (Lipinski definition) is 1. The fraction of sp³-hybridized carbons (Fsp3) is 0.412. The third-order valence-corrected chi connectivity index (χ3v) is 11.1. The van der Waals surface area contributed by atoms with Crippen LogP contribution >= 0.6 is 0 Å². The Morgan fingerprint density at radius 2 is 1.80 bits per heavy atom. The minimum Gasteiger partial charge on any atom is -0.494 e. The standard InChI is InChI=1S/C34H37FN2O3S/c1-22-12-15-40-23(2)32(22)28-18-27-16-24(19-34(35)13-4-3-5-14-34)17-30(33(27)37-21-28)25-8-10-29(11-9-25)41(38,39)31(20-36)26-6-7-26/h8-12,16-18,20-21,26,31,36H,3-7,13-15,19H2,1-2H3. The topological polar surface area (TPSA) is 80.1 Å². The van der Waals surface area contributed by atoms with E-state index in [1.807, 2.05) is 31.3 Å². The van der Waals surface area contributed by atoms with Gasteiger partial charge >= 0.3 is 0 Å². The Morgan fingerprint density at radius 1 is 1.07 bits per heavy atom. The summed E-state index contributed by atoms with van der Waals surface area (Å²) in [4.78, 5) is 5.12. The van der Waals surface area contributed by atoms with E-state index in [1.54, 1.807) is 12.1 Å². The molecule has 214 valence electrons. The lowest BCUT2D eigenvalue weighted by Crippen LogP contribution is -2.28. The summed E-state index contributed by atoms with van der Waals surface area (Å²) in [6, 6.07) is 13.1. The van der Waals surface area contributed by atoms with Crippen molar-refractivity contribution in [3.63, 3.8) is 0 Å². The van der Waals surface area contributed by atoms with Crippen molar-refractivity contribution in [1.29, 1.82) is 5.41 Å². The maximum absolute atomic E-state index is 15.9. The zero-order chi connectivity index (χ0) is 28.8. The fourth-order valence-corrected chi connectivity index (χ4v) is 8.35. The van der Waals surface area contributed by atoms with Gasteiger partial charge in [-0.25, -0.2) is 12.8 Å². The quantitative estimate of drug-likeness (QED) is 0.277. The van der Waals surface area contributed by atoms with Crippen LogP contribution in [0.1, 0.15) is 69.9 Å². The predicted molar refractivity (Wildman–Crippen MR) is 163 cm³/mol. The van der Waals surface area contributed by atoms with Crippen molar-refractivity contribution in [3.8, 4) is 11.1 Å². The van der Waals surface area contributed by atoms with E-state index in [9.17, 15) is 8.42 Å². The predicted octanol–water partition coefficient (Wildman–Crippen LogP) is 8.03. The molecule has 0 radical (unpaired) electrons. The van der Waals surface area contributed by atoms with Crippen LogP contribution in [0.15, 0.2) is 71.0 Å². The second-order valence-corrected chi connectivity index (χ2v) is 14.1. The van der Waals surface area contributed by atoms with Gasteiger partial charge in [0.1, 0.15) is 23.3 Å². The number of ether oxygens (including phenoxy) is 1. The van der Waals surface area contributed by atoms with E-state index in [2.05, 4.69) is 25.1 Å². The van der Waals surface area contributed by atoms with Crippen molar-refractivity contribution >= 4 is 32.5 Å². The molecule has 2 heterocycles. The summed E-state index contributed by atoms with van der Waals surface area (Å²) < 4.78 is 48.2. The zero-order valence-electron chi connectivity index (χ0n) is 23.8. The molecule has 2 saturated carbocycles. The number of hydrogen-bond acceptors (Lipinski definition) is 5. The highest BCUT2D eigenvalue weighted by Crippen LogP contribution is 2.40. The number of fused-ring (bicyclic) bond motifs is 1. The van der Waals surface area contributed by atoms with E-state index in [1.165, 1.54) is 0 Å². The van der Waals surface area contributed by atoms with Crippen LogP contribution in [0.25, 0.3) is 27.6 Å². The van der Waals surface area contributed by atoms with E-state index in [0.29, 0.717) is 25.9 Å². The molecule has 2 aliphatic carbocycles. The molecule has 3 aromatic rings. The molecule has 3 aliphatic rings. The van der Waals surface area contributed by atoms with Gasteiger partial charge in [0, 0.05) is 40.9 Å². The molecule has 1 unspecified atom stereocenters. The average molecular weight is 573 g/mol. The molecular weight excluding hydrogens is 535 g/mol. The number of aromatic nitrogens is 1. The second kappa shape index (κ2) is 10.8. The van der Waals surface area contributed by atoms with Crippen LogP contribution < -0.4 is 0 Å². The number of alkyl halides is 1. The SMILES string of the molecule is CC1=CCOC(C)=C1c1cnc2c(-c3ccc(S(=O)(=O)C(C=N)C4CC4)cc3)cc(CC3(F)CCCCC3)cc2c1. The van der Waals surface area contributed by atoms with Crippen molar-refractivity contribution in [2.75, 3.05) is 6.61 Å². The van der Waals surface area contributed by atoms with Crippen molar-refractivity contribution in [2.24, 2.45) is 5.92 Å². The molecule has 0 bridgehead atoms. The molecule has 1 aromatic heterocycles.